The molecule has 0 saturated carbocycles. The number of hydrogen-bond donors (Lipinski definition) is 0. The Bertz CT molecular complexity index is 2070. The van der Waals surface area contributed by atoms with Crippen molar-refractivity contribution in [2.45, 2.75) is 26.7 Å². The van der Waals surface area contributed by atoms with E-state index in [0.717, 1.165) is 11.5 Å². The smallest absolute Gasteiger partial charge is 0.130 e. The maximum absolute atomic E-state index is 6.41. The molecule has 3 heterocycles. The molecule has 0 radical (unpaired) electrons. The molecule has 0 amide bonds. The Morgan fingerprint density at radius 3 is 2.30 bits per heavy atom. The Labute approximate surface area is 233 Å². The van der Waals surface area contributed by atoms with Gasteiger partial charge in [-0.15, -0.1) is 0 Å². The van der Waals surface area contributed by atoms with Gasteiger partial charge in [-0.3, -0.25) is 0 Å². The van der Waals surface area contributed by atoms with Crippen LogP contribution in [0.4, 0.5) is 0 Å². The molecule has 194 valence electrons. The number of nitrogens with zero attached hydrogens (tertiary/aromatic N) is 2. The van der Waals surface area contributed by atoms with Gasteiger partial charge in [-0.2, -0.15) is 0 Å². The Kier molecular flexibility index (Phi) is 4.99. The van der Waals surface area contributed by atoms with E-state index in [1.807, 2.05) is 0 Å². The zero-order chi connectivity index (χ0) is 27.0. The summed E-state index contributed by atoms with van der Waals surface area (Å²) < 4.78 is 11.2. The van der Waals surface area contributed by atoms with Crippen molar-refractivity contribution < 1.29 is 4.74 Å². The lowest BCUT2D eigenvalue weighted by atomic mass is 9.83. The lowest BCUT2D eigenvalue weighted by Gasteiger charge is -2.24. The average Bonchev–Trinajstić information content (AvgIpc) is 3.61. The molecule has 2 unspecified atom stereocenters. The van der Waals surface area contributed by atoms with Crippen LogP contribution in [0.5, 0.6) is 5.75 Å². The van der Waals surface area contributed by atoms with Crippen molar-refractivity contribution in [1.82, 2.24) is 9.13 Å². The summed E-state index contributed by atoms with van der Waals surface area (Å²) in [6, 6.07) is 32.6. The lowest BCUT2D eigenvalue weighted by Crippen LogP contribution is -2.14. The third-order valence-corrected chi connectivity index (χ3v) is 8.69. The van der Waals surface area contributed by atoms with Gasteiger partial charge < -0.3 is 13.9 Å². The Hall–Kier alpha value is -4.76. The number of fused-ring (bicyclic) bond motifs is 8. The number of allylic oxidation sites excluding steroid dienone is 5. The third-order valence-electron chi connectivity index (χ3n) is 8.69. The second-order valence-electron chi connectivity index (χ2n) is 11.0. The second kappa shape index (κ2) is 8.62. The van der Waals surface area contributed by atoms with Crippen LogP contribution in [-0.4, -0.2) is 9.13 Å². The summed E-state index contributed by atoms with van der Waals surface area (Å²) in [6.45, 7) is 6.66. The quantitative estimate of drug-likeness (QED) is 0.228. The molecule has 0 bridgehead atoms. The summed E-state index contributed by atoms with van der Waals surface area (Å²) in [7, 11) is 0. The van der Waals surface area contributed by atoms with Crippen molar-refractivity contribution in [3.05, 3.63) is 132 Å². The van der Waals surface area contributed by atoms with E-state index in [4.69, 9.17) is 4.74 Å². The van der Waals surface area contributed by atoms with Crippen LogP contribution in [-0.2, 0) is 0 Å². The molecule has 4 aromatic carbocycles. The summed E-state index contributed by atoms with van der Waals surface area (Å²) in [4.78, 5) is 0. The van der Waals surface area contributed by atoms with Crippen LogP contribution in [0.15, 0.2) is 115 Å². The van der Waals surface area contributed by atoms with E-state index in [1.54, 1.807) is 0 Å². The molecule has 40 heavy (non-hydrogen) atoms. The van der Waals surface area contributed by atoms with Gasteiger partial charge in [-0.25, -0.2) is 0 Å². The zero-order valence-corrected chi connectivity index (χ0v) is 22.9. The van der Waals surface area contributed by atoms with Crippen molar-refractivity contribution >= 4 is 44.5 Å². The Morgan fingerprint density at radius 2 is 1.48 bits per heavy atom. The number of ether oxygens (including phenoxy) is 1. The molecule has 2 aliphatic rings. The van der Waals surface area contributed by atoms with E-state index in [1.165, 1.54) is 60.9 Å². The fourth-order valence-corrected chi connectivity index (χ4v) is 7.07. The SMILES string of the molecule is C/C=C\c1c(C)c2c3c4ccccc4n(C4=CC(C)C5C(=C4)Oc4ccccc45)c3ccc2n1-c1ccccc1. The topological polar surface area (TPSA) is 19.1 Å². The van der Waals surface area contributed by atoms with Crippen molar-refractivity contribution in [2.75, 3.05) is 0 Å². The van der Waals surface area contributed by atoms with E-state index in [0.29, 0.717) is 5.92 Å². The van der Waals surface area contributed by atoms with Gasteiger partial charge in [-0.1, -0.05) is 73.7 Å². The Morgan fingerprint density at radius 1 is 0.750 bits per heavy atom. The van der Waals surface area contributed by atoms with Gasteiger partial charge in [0.05, 0.1) is 22.5 Å². The van der Waals surface area contributed by atoms with Crippen molar-refractivity contribution in [2.24, 2.45) is 5.92 Å². The largest absolute Gasteiger partial charge is 0.461 e. The number of aromatic nitrogens is 2. The number of para-hydroxylation sites is 3. The van der Waals surface area contributed by atoms with Gasteiger partial charge in [0.2, 0.25) is 0 Å². The van der Waals surface area contributed by atoms with Gasteiger partial charge in [-0.05, 0) is 67.8 Å². The number of rotatable bonds is 3. The molecule has 6 aromatic rings. The van der Waals surface area contributed by atoms with Gasteiger partial charge in [0.1, 0.15) is 11.5 Å². The van der Waals surface area contributed by atoms with Gasteiger partial charge in [0.15, 0.2) is 0 Å². The predicted molar refractivity (Wildman–Crippen MR) is 167 cm³/mol. The average molecular weight is 519 g/mol. The number of hydrogen-bond acceptors (Lipinski definition) is 1. The van der Waals surface area contributed by atoms with E-state index < -0.39 is 0 Å². The van der Waals surface area contributed by atoms with Crippen LogP contribution >= 0.6 is 0 Å². The maximum Gasteiger partial charge on any atom is 0.130 e. The summed E-state index contributed by atoms with van der Waals surface area (Å²) in [5.74, 6) is 2.62. The monoisotopic (exact) mass is 518 g/mol. The summed E-state index contributed by atoms with van der Waals surface area (Å²) in [6.07, 6.45) is 9.05. The molecule has 0 spiro atoms. The summed E-state index contributed by atoms with van der Waals surface area (Å²) in [5.41, 5.74) is 9.82. The first kappa shape index (κ1) is 23.2. The number of aryl methyl sites for hydroxylation is 1. The highest BCUT2D eigenvalue weighted by Crippen LogP contribution is 2.49. The first-order valence-corrected chi connectivity index (χ1v) is 14.1. The molecule has 0 saturated heterocycles. The first-order chi connectivity index (χ1) is 19.7. The molecular weight excluding hydrogens is 488 g/mol. The summed E-state index contributed by atoms with van der Waals surface area (Å²) >= 11 is 0. The highest BCUT2D eigenvalue weighted by atomic mass is 16.5. The minimum Gasteiger partial charge on any atom is -0.461 e. The normalized spacial score (nSPS) is 18.3. The first-order valence-electron chi connectivity index (χ1n) is 14.1. The van der Waals surface area contributed by atoms with Crippen LogP contribution in [0.2, 0.25) is 0 Å². The van der Waals surface area contributed by atoms with Crippen LogP contribution in [0.3, 0.4) is 0 Å². The summed E-state index contributed by atoms with van der Waals surface area (Å²) in [5, 5.41) is 3.88. The van der Waals surface area contributed by atoms with E-state index in [9.17, 15) is 0 Å². The zero-order valence-electron chi connectivity index (χ0n) is 22.9. The fraction of sp³-hybridized carbons (Fsp3) is 0.135. The number of benzene rings is 4. The van der Waals surface area contributed by atoms with Crippen molar-refractivity contribution in [3.63, 3.8) is 0 Å². The van der Waals surface area contributed by atoms with E-state index >= 15 is 0 Å². The molecule has 0 fully saturated rings. The highest BCUT2D eigenvalue weighted by Gasteiger charge is 2.36. The molecular formula is C37H30N2O. The van der Waals surface area contributed by atoms with Crippen LogP contribution < -0.4 is 4.74 Å². The molecule has 1 aliphatic heterocycles. The van der Waals surface area contributed by atoms with E-state index in [-0.39, 0.29) is 5.92 Å². The third kappa shape index (κ3) is 3.12. The van der Waals surface area contributed by atoms with Gasteiger partial charge >= 0.3 is 0 Å². The molecule has 3 nitrogen and oxygen atoms in total. The highest BCUT2D eigenvalue weighted by molar-refractivity contribution is 6.23. The molecule has 3 heteroatoms. The van der Waals surface area contributed by atoms with Crippen LogP contribution in [0, 0.1) is 12.8 Å². The van der Waals surface area contributed by atoms with Gasteiger partial charge in [0, 0.05) is 44.9 Å². The molecule has 2 aromatic heterocycles. The second-order valence-corrected chi connectivity index (χ2v) is 11.0. The minimum absolute atomic E-state index is 0.269. The minimum atomic E-state index is 0.269. The molecule has 2 atom stereocenters. The Balaban J connectivity index is 1.43. The fourth-order valence-electron chi connectivity index (χ4n) is 7.07. The maximum atomic E-state index is 6.41. The van der Waals surface area contributed by atoms with E-state index in [2.05, 4.69) is 145 Å². The molecule has 0 N–H and O–H groups in total. The lowest BCUT2D eigenvalue weighted by molar-refractivity contribution is 0.404. The van der Waals surface area contributed by atoms with Crippen LogP contribution in [0.25, 0.3) is 50.2 Å². The standard InChI is InChI=1S/C37H30N2O/c1-4-12-29-24(3)36-31(38(29)25-13-6-5-7-14-25)19-20-32-37(36)27-15-8-10-17-30(27)39(32)26-21-23(2)35-28-16-9-11-18-33(28)40-34(35)22-26/h4-23,35H,1-3H3/b12-4-. The molecule has 8 rings (SSSR count). The van der Waals surface area contributed by atoms with Crippen molar-refractivity contribution in [3.8, 4) is 11.4 Å². The van der Waals surface area contributed by atoms with Crippen molar-refractivity contribution in [1.29, 1.82) is 0 Å². The predicted octanol–water partition coefficient (Wildman–Crippen LogP) is 9.63. The van der Waals surface area contributed by atoms with Gasteiger partial charge in [0.25, 0.3) is 0 Å². The van der Waals surface area contributed by atoms with Crippen LogP contribution in [0.1, 0.15) is 36.6 Å². The molecule has 1 aliphatic carbocycles.